The van der Waals surface area contributed by atoms with E-state index in [0.717, 1.165) is 5.82 Å². The van der Waals surface area contributed by atoms with Crippen molar-refractivity contribution < 1.29 is 4.74 Å². The third-order valence-electron chi connectivity index (χ3n) is 2.40. The topological polar surface area (TPSA) is 73.1 Å². The molecule has 0 aliphatic heterocycles. The van der Waals surface area contributed by atoms with Crippen molar-refractivity contribution in [2.24, 2.45) is 0 Å². The molecule has 3 N–H and O–H groups in total. The molecule has 1 unspecified atom stereocenters. The van der Waals surface area contributed by atoms with Crippen LogP contribution in [0, 0.1) is 0 Å². The highest BCUT2D eigenvalue weighted by atomic mass is 32.1. The van der Waals surface area contributed by atoms with Crippen LogP contribution >= 0.6 is 11.3 Å². The second kappa shape index (κ2) is 5.79. The molecule has 2 heterocycles. The number of thiophene rings is 1. The van der Waals surface area contributed by atoms with Crippen LogP contribution in [0.15, 0.2) is 23.6 Å². The third kappa shape index (κ3) is 3.18. The maximum atomic E-state index is 5.74. The zero-order valence-corrected chi connectivity index (χ0v) is 11.2. The Morgan fingerprint density at radius 2 is 2.33 bits per heavy atom. The summed E-state index contributed by atoms with van der Waals surface area (Å²) in [4.78, 5) is 9.70. The van der Waals surface area contributed by atoms with Gasteiger partial charge in [0.15, 0.2) is 5.82 Å². The van der Waals surface area contributed by atoms with Gasteiger partial charge in [-0.15, -0.1) is 11.3 Å². The van der Waals surface area contributed by atoms with Crippen LogP contribution in [0.25, 0.3) is 0 Å². The molecule has 0 bridgehead atoms. The predicted octanol–water partition coefficient (Wildman–Crippen LogP) is 2.44. The van der Waals surface area contributed by atoms with E-state index < -0.39 is 0 Å². The molecule has 0 spiro atoms. The minimum Gasteiger partial charge on any atom is -0.384 e. The van der Waals surface area contributed by atoms with E-state index in [1.165, 1.54) is 4.88 Å². The molecule has 0 aliphatic rings. The van der Waals surface area contributed by atoms with E-state index in [0.29, 0.717) is 18.2 Å². The molecule has 0 aromatic carbocycles. The van der Waals surface area contributed by atoms with Crippen LogP contribution in [0.3, 0.4) is 0 Å². The van der Waals surface area contributed by atoms with E-state index in [1.54, 1.807) is 24.5 Å². The van der Waals surface area contributed by atoms with Crippen LogP contribution in [0.1, 0.15) is 23.7 Å². The average molecular weight is 264 g/mol. The van der Waals surface area contributed by atoms with Gasteiger partial charge in [-0.2, -0.15) is 0 Å². The molecular weight excluding hydrogens is 248 g/mol. The van der Waals surface area contributed by atoms with Gasteiger partial charge in [0.2, 0.25) is 0 Å². The minimum absolute atomic E-state index is 0.190. The Bertz CT molecular complexity index is 501. The van der Waals surface area contributed by atoms with E-state index in [9.17, 15) is 0 Å². The number of nitrogens with one attached hydrogen (secondary N) is 1. The van der Waals surface area contributed by atoms with E-state index in [-0.39, 0.29) is 6.04 Å². The van der Waals surface area contributed by atoms with Crippen molar-refractivity contribution in [3.05, 3.63) is 34.3 Å². The van der Waals surface area contributed by atoms with Gasteiger partial charge in [-0.1, -0.05) is 6.07 Å². The molecule has 18 heavy (non-hydrogen) atoms. The van der Waals surface area contributed by atoms with Gasteiger partial charge >= 0.3 is 0 Å². The van der Waals surface area contributed by atoms with Gasteiger partial charge in [-0.05, 0) is 18.4 Å². The van der Waals surface area contributed by atoms with Crippen LogP contribution in [0.5, 0.6) is 0 Å². The van der Waals surface area contributed by atoms with Crippen LogP contribution in [-0.4, -0.2) is 17.1 Å². The highest BCUT2D eigenvalue weighted by molar-refractivity contribution is 7.10. The molecule has 2 aromatic rings. The maximum Gasteiger partial charge on any atom is 0.158 e. The average Bonchev–Trinajstić information content (AvgIpc) is 2.81. The summed E-state index contributed by atoms with van der Waals surface area (Å²) in [6.07, 6.45) is 0. The summed E-state index contributed by atoms with van der Waals surface area (Å²) in [6.45, 7) is 2.44. The number of anilines is 2. The Morgan fingerprint density at radius 1 is 1.50 bits per heavy atom. The van der Waals surface area contributed by atoms with Crippen LogP contribution < -0.4 is 11.1 Å². The second-order valence-electron chi connectivity index (χ2n) is 3.91. The van der Waals surface area contributed by atoms with Gasteiger partial charge in [0.25, 0.3) is 0 Å². The first kappa shape index (κ1) is 12.8. The lowest BCUT2D eigenvalue weighted by atomic mass is 10.3. The zero-order valence-electron chi connectivity index (χ0n) is 10.4. The van der Waals surface area contributed by atoms with Crippen molar-refractivity contribution in [1.82, 2.24) is 9.97 Å². The lowest BCUT2D eigenvalue weighted by Crippen LogP contribution is -2.10. The number of aromatic nitrogens is 2. The standard InChI is InChI=1S/C12H16N4OS/c1-8(9-4-3-5-18-9)14-11-6-10(13)15-12(16-11)7-17-2/h3-6,8H,7H2,1-2H3,(H3,13,14,15,16). The van der Waals surface area contributed by atoms with E-state index in [4.69, 9.17) is 10.5 Å². The number of nitrogens with zero attached hydrogens (tertiary/aromatic N) is 2. The van der Waals surface area contributed by atoms with Crippen molar-refractivity contribution in [1.29, 1.82) is 0 Å². The number of ether oxygens (including phenoxy) is 1. The lowest BCUT2D eigenvalue weighted by molar-refractivity contribution is 0.178. The Morgan fingerprint density at radius 3 is 3.00 bits per heavy atom. The predicted molar refractivity (Wildman–Crippen MR) is 73.5 cm³/mol. The van der Waals surface area contributed by atoms with Crippen LogP contribution in [0.2, 0.25) is 0 Å². The summed E-state index contributed by atoms with van der Waals surface area (Å²) in [5.74, 6) is 1.74. The van der Waals surface area contributed by atoms with Gasteiger partial charge in [0.05, 0.1) is 6.04 Å². The van der Waals surface area contributed by atoms with Gasteiger partial charge in [0, 0.05) is 18.1 Å². The van der Waals surface area contributed by atoms with Gasteiger partial charge < -0.3 is 15.8 Å². The quantitative estimate of drug-likeness (QED) is 0.867. The second-order valence-corrected chi connectivity index (χ2v) is 4.89. The molecule has 0 radical (unpaired) electrons. The Balaban J connectivity index is 2.13. The summed E-state index contributed by atoms with van der Waals surface area (Å²) < 4.78 is 5.01. The fourth-order valence-electron chi connectivity index (χ4n) is 1.62. The fourth-order valence-corrected chi connectivity index (χ4v) is 2.35. The SMILES string of the molecule is COCc1nc(N)cc(NC(C)c2cccs2)n1. The number of methoxy groups -OCH3 is 1. The molecule has 5 nitrogen and oxygen atoms in total. The van der Waals surface area contributed by atoms with Crippen LogP contribution in [-0.2, 0) is 11.3 Å². The monoisotopic (exact) mass is 264 g/mol. The molecular formula is C12H16N4OS. The number of nitrogen functional groups attached to an aromatic ring is 1. The van der Waals surface area contributed by atoms with Crippen molar-refractivity contribution in [2.75, 3.05) is 18.2 Å². The van der Waals surface area contributed by atoms with E-state index >= 15 is 0 Å². The first-order valence-corrected chi connectivity index (χ1v) is 6.49. The van der Waals surface area contributed by atoms with Crippen LogP contribution in [0.4, 0.5) is 11.6 Å². The number of hydrogen-bond acceptors (Lipinski definition) is 6. The fraction of sp³-hybridized carbons (Fsp3) is 0.333. The van der Waals surface area contributed by atoms with Crippen molar-refractivity contribution in [2.45, 2.75) is 19.6 Å². The Labute approximate surface area is 110 Å². The summed E-state index contributed by atoms with van der Waals surface area (Å²) in [5.41, 5.74) is 5.74. The third-order valence-corrected chi connectivity index (χ3v) is 3.46. The summed E-state index contributed by atoms with van der Waals surface area (Å²) >= 11 is 1.71. The van der Waals surface area contributed by atoms with Gasteiger partial charge in [-0.25, -0.2) is 9.97 Å². The number of rotatable bonds is 5. The highest BCUT2D eigenvalue weighted by Gasteiger charge is 2.08. The molecule has 2 aromatic heterocycles. The molecule has 2 rings (SSSR count). The Hall–Kier alpha value is -1.66. The maximum absolute atomic E-state index is 5.74. The number of hydrogen-bond donors (Lipinski definition) is 2. The van der Waals surface area contributed by atoms with Gasteiger partial charge in [0.1, 0.15) is 18.2 Å². The summed E-state index contributed by atoms with van der Waals surface area (Å²) in [7, 11) is 1.61. The highest BCUT2D eigenvalue weighted by Crippen LogP contribution is 2.22. The van der Waals surface area contributed by atoms with Crippen molar-refractivity contribution in [3.8, 4) is 0 Å². The zero-order chi connectivity index (χ0) is 13.0. The van der Waals surface area contributed by atoms with E-state index in [2.05, 4.69) is 33.7 Å². The molecule has 0 saturated carbocycles. The number of nitrogens with two attached hydrogens (primary N) is 1. The largest absolute Gasteiger partial charge is 0.384 e. The summed E-state index contributed by atoms with van der Waals surface area (Å²) in [5, 5.41) is 5.36. The van der Waals surface area contributed by atoms with E-state index in [1.807, 2.05) is 6.07 Å². The molecule has 1 atom stereocenters. The molecule has 0 saturated heterocycles. The molecule has 0 amide bonds. The van der Waals surface area contributed by atoms with Gasteiger partial charge in [-0.3, -0.25) is 0 Å². The molecule has 6 heteroatoms. The van der Waals surface area contributed by atoms with Crippen molar-refractivity contribution in [3.63, 3.8) is 0 Å². The first-order valence-electron chi connectivity index (χ1n) is 5.61. The smallest absolute Gasteiger partial charge is 0.158 e. The first-order chi connectivity index (χ1) is 8.69. The minimum atomic E-state index is 0.190. The Kier molecular flexibility index (Phi) is 4.11. The molecule has 96 valence electrons. The van der Waals surface area contributed by atoms with Crippen molar-refractivity contribution >= 4 is 23.0 Å². The molecule has 0 aliphatic carbocycles. The normalized spacial score (nSPS) is 12.3. The lowest BCUT2D eigenvalue weighted by Gasteiger charge is -2.13. The summed E-state index contributed by atoms with van der Waals surface area (Å²) in [6, 6.07) is 6.03. The molecule has 0 fully saturated rings.